The van der Waals surface area contributed by atoms with Gasteiger partial charge in [0.25, 0.3) is 0 Å². The van der Waals surface area contributed by atoms with E-state index in [1.807, 2.05) is 0 Å². The zero-order valence-corrected chi connectivity index (χ0v) is 15.2. The molecule has 1 amide bonds. The maximum atomic E-state index is 11.8. The number of nitrogens with one attached hydrogen (secondary N) is 2. The van der Waals surface area contributed by atoms with E-state index in [0.717, 1.165) is 56.7 Å². The Morgan fingerprint density at radius 3 is 2.33 bits per heavy atom. The highest BCUT2D eigenvalue weighted by atomic mass is 16.1. The van der Waals surface area contributed by atoms with E-state index in [-0.39, 0.29) is 5.91 Å². The smallest absolute Gasteiger partial charge is 0.223 e. The van der Waals surface area contributed by atoms with Crippen molar-refractivity contribution in [1.82, 2.24) is 15.5 Å². The van der Waals surface area contributed by atoms with Crippen LogP contribution in [0.5, 0.6) is 0 Å². The predicted octanol–water partition coefficient (Wildman–Crippen LogP) is 2.38. The minimum Gasteiger partial charge on any atom is -0.357 e. The molecule has 3 aliphatic rings. The number of guanidine groups is 1. The molecule has 2 aliphatic carbocycles. The molecule has 5 nitrogen and oxygen atoms in total. The van der Waals surface area contributed by atoms with Gasteiger partial charge in [0.1, 0.15) is 0 Å². The highest BCUT2D eigenvalue weighted by molar-refractivity contribution is 5.80. The lowest BCUT2D eigenvalue weighted by Gasteiger charge is -2.24. The van der Waals surface area contributed by atoms with Gasteiger partial charge < -0.3 is 15.5 Å². The average Bonchev–Trinajstić information content (AvgIpc) is 2.95. The molecule has 5 heteroatoms. The van der Waals surface area contributed by atoms with Gasteiger partial charge >= 0.3 is 0 Å². The number of nitrogens with zero attached hydrogens (tertiary/aromatic N) is 2. The number of hydrogen-bond acceptors (Lipinski definition) is 2. The second-order valence-electron chi connectivity index (χ2n) is 7.72. The molecule has 0 spiro atoms. The Balaban J connectivity index is 1.41. The molecule has 0 aromatic heterocycles. The number of aliphatic imine (C=N–C) groups is 1. The van der Waals surface area contributed by atoms with E-state index < -0.39 is 0 Å². The Kier molecular flexibility index (Phi) is 6.38. The number of likely N-dealkylation sites (tertiary alicyclic amines) is 1. The highest BCUT2D eigenvalue weighted by Crippen LogP contribution is 2.35. The van der Waals surface area contributed by atoms with Gasteiger partial charge in [-0.1, -0.05) is 19.3 Å². The SMILES string of the molecule is CCNC(=NCCCNC(=O)C1CCC1)N1CC2CCCCC2C1. The molecule has 3 rings (SSSR count). The Bertz CT molecular complexity index is 433. The Hall–Kier alpha value is -1.26. The van der Waals surface area contributed by atoms with Crippen molar-refractivity contribution in [2.45, 2.75) is 58.3 Å². The summed E-state index contributed by atoms with van der Waals surface area (Å²) >= 11 is 0. The fourth-order valence-corrected chi connectivity index (χ4v) is 4.29. The molecule has 2 unspecified atom stereocenters. The molecule has 0 bridgehead atoms. The normalized spacial score (nSPS) is 27.5. The van der Waals surface area contributed by atoms with Crippen LogP contribution in [0.1, 0.15) is 58.3 Å². The molecule has 1 aliphatic heterocycles. The van der Waals surface area contributed by atoms with Gasteiger partial charge in [-0.15, -0.1) is 0 Å². The van der Waals surface area contributed by atoms with Crippen molar-refractivity contribution in [3.63, 3.8) is 0 Å². The standard InChI is InChI=1S/C19H34N4O/c1-2-20-19(23-13-16-7-3-4-8-17(16)14-23)22-12-6-11-21-18(24)15-9-5-10-15/h15-17H,2-14H2,1H3,(H,20,22)(H,21,24). The van der Waals surface area contributed by atoms with Crippen molar-refractivity contribution in [2.75, 3.05) is 32.7 Å². The Morgan fingerprint density at radius 1 is 1.04 bits per heavy atom. The van der Waals surface area contributed by atoms with E-state index in [1.54, 1.807) is 0 Å². The van der Waals surface area contributed by atoms with E-state index in [9.17, 15) is 4.79 Å². The zero-order valence-electron chi connectivity index (χ0n) is 15.2. The summed E-state index contributed by atoms with van der Waals surface area (Å²) in [6, 6.07) is 0. The molecular weight excluding hydrogens is 300 g/mol. The number of hydrogen-bond donors (Lipinski definition) is 2. The number of fused-ring (bicyclic) bond motifs is 1. The molecule has 0 aromatic carbocycles. The van der Waals surface area contributed by atoms with Gasteiger partial charge in [-0.2, -0.15) is 0 Å². The third kappa shape index (κ3) is 4.42. The van der Waals surface area contributed by atoms with Crippen molar-refractivity contribution in [2.24, 2.45) is 22.7 Å². The van der Waals surface area contributed by atoms with Crippen molar-refractivity contribution in [1.29, 1.82) is 0 Å². The number of carbonyl (C=O) groups is 1. The third-order valence-corrected chi connectivity index (χ3v) is 5.98. The van der Waals surface area contributed by atoms with Crippen molar-refractivity contribution in [3.8, 4) is 0 Å². The lowest BCUT2D eigenvalue weighted by atomic mass is 9.82. The summed E-state index contributed by atoms with van der Waals surface area (Å²) in [5.74, 6) is 3.38. The number of amides is 1. The molecule has 3 fully saturated rings. The number of rotatable bonds is 6. The summed E-state index contributed by atoms with van der Waals surface area (Å²) in [5.41, 5.74) is 0. The van der Waals surface area contributed by atoms with Gasteiger partial charge in [0.15, 0.2) is 5.96 Å². The average molecular weight is 335 g/mol. The van der Waals surface area contributed by atoms with Crippen LogP contribution in [-0.2, 0) is 4.79 Å². The van der Waals surface area contributed by atoms with Crippen LogP contribution in [0.15, 0.2) is 4.99 Å². The highest BCUT2D eigenvalue weighted by Gasteiger charge is 2.35. The lowest BCUT2D eigenvalue weighted by Crippen LogP contribution is -2.40. The zero-order chi connectivity index (χ0) is 16.8. The molecule has 0 aromatic rings. The summed E-state index contributed by atoms with van der Waals surface area (Å²) in [5, 5.41) is 6.52. The summed E-state index contributed by atoms with van der Waals surface area (Å²) in [6.45, 7) is 6.95. The Labute approximate surface area is 146 Å². The monoisotopic (exact) mass is 334 g/mol. The predicted molar refractivity (Wildman–Crippen MR) is 98.0 cm³/mol. The maximum Gasteiger partial charge on any atom is 0.223 e. The van der Waals surface area contributed by atoms with Crippen LogP contribution >= 0.6 is 0 Å². The summed E-state index contributed by atoms with van der Waals surface area (Å²) < 4.78 is 0. The van der Waals surface area contributed by atoms with Crippen molar-refractivity contribution < 1.29 is 4.79 Å². The maximum absolute atomic E-state index is 11.8. The first-order chi connectivity index (χ1) is 11.8. The first-order valence-corrected chi connectivity index (χ1v) is 10.1. The number of carbonyl (C=O) groups excluding carboxylic acids is 1. The Morgan fingerprint density at radius 2 is 1.75 bits per heavy atom. The van der Waals surface area contributed by atoms with Crippen LogP contribution < -0.4 is 10.6 Å². The van der Waals surface area contributed by atoms with Crippen LogP contribution in [0, 0.1) is 17.8 Å². The molecule has 2 N–H and O–H groups in total. The van der Waals surface area contributed by atoms with Gasteiger partial charge in [-0.05, 0) is 50.9 Å². The van der Waals surface area contributed by atoms with E-state index in [0.29, 0.717) is 5.92 Å². The molecule has 24 heavy (non-hydrogen) atoms. The summed E-state index contributed by atoms with van der Waals surface area (Å²) in [6.07, 6.45) is 9.90. The second-order valence-corrected chi connectivity index (χ2v) is 7.72. The van der Waals surface area contributed by atoms with Crippen molar-refractivity contribution in [3.05, 3.63) is 0 Å². The van der Waals surface area contributed by atoms with Crippen LogP contribution in [0.3, 0.4) is 0 Å². The molecule has 1 heterocycles. The topological polar surface area (TPSA) is 56.7 Å². The second kappa shape index (κ2) is 8.72. The molecule has 136 valence electrons. The van der Waals surface area contributed by atoms with Crippen LogP contribution in [0.2, 0.25) is 0 Å². The lowest BCUT2D eigenvalue weighted by molar-refractivity contribution is -0.127. The molecular formula is C19H34N4O. The fraction of sp³-hybridized carbons (Fsp3) is 0.895. The minimum absolute atomic E-state index is 0.251. The van der Waals surface area contributed by atoms with E-state index in [1.165, 1.54) is 45.2 Å². The molecule has 2 atom stereocenters. The molecule has 1 saturated heterocycles. The quantitative estimate of drug-likeness (QED) is 0.445. The summed E-state index contributed by atoms with van der Waals surface area (Å²) in [4.78, 5) is 19.1. The van der Waals surface area contributed by atoms with Crippen molar-refractivity contribution >= 4 is 11.9 Å². The first kappa shape index (κ1) is 17.6. The summed E-state index contributed by atoms with van der Waals surface area (Å²) in [7, 11) is 0. The largest absolute Gasteiger partial charge is 0.357 e. The van der Waals surface area contributed by atoms with Gasteiger partial charge in [0.2, 0.25) is 5.91 Å². The molecule has 2 saturated carbocycles. The van der Waals surface area contributed by atoms with Gasteiger partial charge in [-0.25, -0.2) is 0 Å². The van der Waals surface area contributed by atoms with Gasteiger partial charge in [-0.3, -0.25) is 9.79 Å². The molecule has 0 radical (unpaired) electrons. The first-order valence-electron chi connectivity index (χ1n) is 10.1. The van der Waals surface area contributed by atoms with E-state index in [2.05, 4.69) is 22.5 Å². The van der Waals surface area contributed by atoms with Crippen LogP contribution in [0.4, 0.5) is 0 Å². The van der Waals surface area contributed by atoms with Gasteiger partial charge in [0.05, 0.1) is 0 Å². The minimum atomic E-state index is 0.251. The van der Waals surface area contributed by atoms with Crippen LogP contribution in [0.25, 0.3) is 0 Å². The van der Waals surface area contributed by atoms with Gasteiger partial charge in [0, 0.05) is 38.6 Å². The third-order valence-electron chi connectivity index (χ3n) is 5.98. The fourth-order valence-electron chi connectivity index (χ4n) is 4.29. The van der Waals surface area contributed by atoms with E-state index >= 15 is 0 Å². The van der Waals surface area contributed by atoms with E-state index in [4.69, 9.17) is 4.99 Å². The van der Waals surface area contributed by atoms with Crippen LogP contribution in [-0.4, -0.2) is 49.5 Å².